The molecule has 0 heterocycles. The van der Waals surface area contributed by atoms with Gasteiger partial charge in [-0.3, -0.25) is 4.79 Å². The van der Waals surface area contributed by atoms with Crippen LogP contribution in [0.2, 0.25) is 0 Å². The first-order valence-corrected chi connectivity index (χ1v) is 10.7. The molecule has 25 heavy (non-hydrogen) atoms. The summed E-state index contributed by atoms with van der Waals surface area (Å²) in [6.45, 7) is 0.497. The Bertz CT molecular complexity index is 765. The van der Waals surface area contributed by atoms with E-state index in [1.54, 1.807) is 11.8 Å². The van der Waals surface area contributed by atoms with E-state index in [1.165, 1.54) is 4.31 Å². The van der Waals surface area contributed by atoms with Gasteiger partial charge in [0, 0.05) is 23.7 Å². The first-order valence-electron chi connectivity index (χ1n) is 7.89. The number of amides is 1. The molecule has 2 aromatic rings. The monoisotopic (exact) mass is 378 g/mol. The van der Waals surface area contributed by atoms with E-state index in [-0.39, 0.29) is 19.0 Å². The van der Waals surface area contributed by atoms with Crippen molar-refractivity contribution < 1.29 is 13.2 Å². The van der Waals surface area contributed by atoms with Gasteiger partial charge in [0.15, 0.2) is 0 Å². The molecule has 0 fully saturated rings. The number of carbonyl (C=O) groups is 1. The van der Waals surface area contributed by atoms with E-state index in [0.717, 1.165) is 22.5 Å². The maximum Gasteiger partial charge on any atom is 0.235 e. The number of hydrogen-bond acceptors (Lipinski definition) is 4. The summed E-state index contributed by atoms with van der Waals surface area (Å²) in [5, 5.41) is 2.78. The lowest BCUT2D eigenvalue weighted by Gasteiger charge is -2.19. The van der Waals surface area contributed by atoms with Gasteiger partial charge >= 0.3 is 0 Å². The van der Waals surface area contributed by atoms with Crippen LogP contribution in [0.4, 0.5) is 0 Å². The highest BCUT2D eigenvalue weighted by Crippen LogP contribution is 2.15. The quantitative estimate of drug-likeness (QED) is 0.537. The molecule has 0 saturated carbocycles. The molecule has 0 aliphatic rings. The second-order valence-electron chi connectivity index (χ2n) is 5.53. The largest absolute Gasteiger partial charge is 0.354 e. The second kappa shape index (κ2) is 9.60. The molecule has 0 bridgehead atoms. The number of sulfonamides is 1. The Hall–Kier alpha value is -1.83. The summed E-state index contributed by atoms with van der Waals surface area (Å²) in [6, 6.07) is 19.1. The molecule has 1 N–H and O–H groups in total. The van der Waals surface area contributed by atoms with E-state index >= 15 is 0 Å². The number of thioether (sulfide) groups is 1. The van der Waals surface area contributed by atoms with Crippen molar-refractivity contribution in [1.29, 1.82) is 0 Å². The first-order chi connectivity index (χ1) is 11.9. The molecule has 7 heteroatoms. The second-order valence-corrected chi connectivity index (χ2v) is 8.68. The average molecular weight is 379 g/mol. The first kappa shape index (κ1) is 19.5. The maximum atomic E-state index is 12.1. The predicted molar refractivity (Wildman–Crippen MR) is 102 cm³/mol. The van der Waals surface area contributed by atoms with Crippen molar-refractivity contribution in [2.45, 2.75) is 11.4 Å². The molecule has 0 atom stereocenters. The standard InChI is InChI=1S/C18H22N2O3S2/c1-25(22,23)20(14-16-8-4-2-5-9-16)15-18(21)19-12-13-24-17-10-6-3-7-11-17/h2-11H,12-15H2,1H3,(H,19,21). The topological polar surface area (TPSA) is 66.5 Å². The minimum absolute atomic E-state index is 0.177. The number of hydrogen-bond donors (Lipinski definition) is 1. The van der Waals surface area contributed by atoms with Crippen LogP contribution in [0.15, 0.2) is 65.6 Å². The molecule has 5 nitrogen and oxygen atoms in total. The molecule has 0 aliphatic heterocycles. The van der Waals surface area contributed by atoms with Crippen LogP contribution in [0.5, 0.6) is 0 Å². The van der Waals surface area contributed by atoms with Gasteiger partial charge in [-0.15, -0.1) is 11.8 Å². The molecule has 0 spiro atoms. The summed E-state index contributed by atoms with van der Waals surface area (Å²) in [5.41, 5.74) is 0.848. The van der Waals surface area contributed by atoms with E-state index in [2.05, 4.69) is 5.32 Å². The van der Waals surface area contributed by atoms with E-state index in [0.29, 0.717) is 6.54 Å². The Morgan fingerprint density at radius 2 is 1.64 bits per heavy atom. The van der Waals surface area contributed by atoms with Gasteiger partial charge in [0.05, 0.1) is 12.8 Å². The number of nitrogens with zero attached hydrogens (tertiary/aromatic N) is 1. The Morgan fingerprint density at radius 3 is 2.24 bits per heavy atom. The Balaban J connectivity index is 1.81. The van der Waals surface area contributed by atoms with Crippen molar-refractivity contribution in [3.8, 4) is 0 Å². The van der Waals surface area contributed by atoms with Crippen molar-refractivity contribution in [2.75, 3.05) is 25.1 Å². The van der Waals surface area contributed by atoms with E-state index in [4.69, 9.17) is 0 Å². The van der Waals surface area contributed by atoms with Crippen LogP contribution in [0, 0.1) is 0 Å². The van der Waals surface area contributed by atoms with Crippen LogP contribution in [0.25, 0.3) is 0 Å². The van der Waals surface area contributed by atoms with Crippen LogP contribution in [-0.2, 0) is 21.4 Å². The van der Waals surface area contributed by atoms with Gasteiger partial charge in [-0.2, -0.15) is 4.31 Å². The maximum absolute atomic E-state index is 12.1. The van der Waals surface area contributed by atoms with Gasteiger partial charge in [-0.05, 0) is 17.7 Å². The molecule has 0 saturated heterocycles. The third-order valence-corrected chi connectivity index (χ3v) is 5.64. The number of carbonyl (C=O) groups excluding carboxylic acids is 1. The summed E-state index contributed by atoms with van der Waals surface area (Å²) < 4.78 is 25.0. The molecule has 134 valence electrons. The predicted octanol–water partition coefficient (Wildman–Crippen LogP) is 2.36. The number of nitrogens with one attached hydrogen (secondary N) is 1. The van der Waals surface area contributed by atoms with Crippen molar-refractivity contribution >= 4 is 27.7 Å². The van der Waals surface area contributed by atoms with Crippen LogP contribution in [0.1, 0.15) is 5.56 Å². The molecule has 0 aliphatic carbocycles. The third kappa shape index (κ3) is 7.29. The summed E-state index contributed by atoms with van der Waals surface area (Å²) >= 11 is 1.64. The lowest BCUT2D eigenvalue weighted by atomic mass is 10.2. The van der Waals surface area contributed by atoms with Crippen molar-refractivity contribution in [2.24, 2.45) is 0 Å². The van der Waals surface area contributed by atoms with Crippen LogP contribution in [0.3, 0.4) is 0 Å². The normalized spacial score (nSPS) is 11.4. The SMILES string of the molecule is CS(=O)(=O)N(CC(=O)NCCSc1ccccc1)Cc1ccccc1. The molecular formula is C18H22N2O3S2. The van der Waals surface area contributed by atoms with Gasteiger partial charge in [-0.1, -0.05) is 48.5 Å². The van der Waals surface area contributed by atoms with Crippen LogP contribution >= 0.6 is 11.8 Å². The van der Waals surface area contributed by atoms with E-state index in [1.807, 2.05) is 60.7 Å². The van der Waals surface area contributed by atoms with Gasteiger partial charge in [-0.25, -0.2) is 8.42 Å². The molecule has 2 aromatic carbocycles. The zero-order chi connectivity index (χ0) is 18.1. The molecule has 2 rings (SSSR count). The van der Waals surface area contributed by atoms with Gasteiger partial charge in [0.2, 0.25) is 15.9 Å². The van der Waals surface area contributed by atoms with Gasteiger partial charge in [0.1, 0.15) is 0 Å². The van der Waals surface area contributed by atoms with Gasteiger partial charge in [0.25, 0.3) is 0 Å². The average Bonchev–Trinajstić information content (AvgIpc) is 2.59. The highest BCUT2D eigenvalue weighted by atomic mass is 32.2. The smallest absolute Gasteiger partial charge is 0.235 e. The van der Waals surface area contributed by atoms with Crippen LogP contribution < -0.4 is 5.32 Å². The van der Waals surface area contributed by atoms with E-state index in [9.17, 15) is 13.2 Å². The fraction of sp³-hybridized carbons (Fsp3) is 0.278. The molecule has 0 radical (unpaired) electrons. The summed E-state index contributed by atoms with van der Waals surface area (Å²) in [6.07, 6.45) is 1.12. The minimum atomic E-state index is -3.46. The zero-order valence-corrected chi connectivity index (χ0v) is 15.7. The number of benzene rings is 2. The molecule has 0 unspecified atom stereocenters. The lowest BCUT2D eigenvalue weighted by Crippen LogP contribution is -2.40. The Kier molecular flexibility index (Phi) is 7.49. The molecular weight excluding hydrogens is 356 g/mol. The summed E-state index contributed by atoms with van der Waals surface area (Å²) in [5.74, 6) is 0.433. The molecule has 0 aromatic heterocycles. The van der Waals surface area contributed by atoms with E-state index < -0.39 is 10.0 Å². The van der Waals surface area contributed by atoms with Crippen molar-refractivity contribution in [3.63, 3.8) is 0 Å². The third-order valence-electron chi connectivity index (χ3n) is 3.43. The summed E-state index contributed by atoms with van der Waals surface area (Å²) in [7, 11) is -3.46. The van der Waals surface area contributed by atoms with Gasteiger partial charge < -0.3 is 5.32 Å². The van der Waals surface area contributed by atoms with Crippen molar-refractivity contribution in [3.05, 3.63) is 66.2 Å². The minimum Gasteiger partial charge on any atom is -0.354 e. The highest BCUT2D eigenvalue weighted by molar-refractivity contribution is 7.99. The lowest BCUT2D eigenvalue weighted by molar-refractivity contribution is -0.121. The highest BCUT2D eigenvalue weighted by Gasteiger charge is 2.20. The fourth-order valence-corrected chi connectivity index (χ4v) is 3.69. The van der Waals surface area contributed by atoms with Crippen LogP contribution in [-0.4, -0.2) is 43.7 Å². The Labute approximate surface area is 153 Å². The molecule has 1 amide bonds. The number of rotatable bonds is 9. The fourth-order valence-electron chi connectivity index (χ4n) is 2.17. The Morgan fingerprint density at radius 1 is 1.04 bits per heavy atom. The zero-order valence-electron chi connectivity index (χ0n) is 14.1. The summed E-state index contributed by atoms with van der Waals surface area (Å²) in [4.78, 5) is 13.2. The van der Waals surface area contributed by atoms with Crippen molar-refractivity contribution in [1.82, 2.24) is 9.62 Å².